The van der Waals surface area contributed by atoms with Crippen molar-refractivity contribution in [3.05, 3.63) is 43.8 Å². The zero-order valence-electron chi connectivity index (χ0n) is 14.3. The van der Waals surface area contributed by atoms with E-state index in [0.717, 1.165) is 16.3 Å². The van der Waals surface area contributed by atoms with Gasteiger partial charge in [0.05, 0.1) is 22.7 Å². The molecular formula is C18H20BrNO3S. The van der Waals surface area contributed by atoms with Gasteiger partial charge in [-0.1, -0.05) is 36.7 Å². The third kappa shape index (κ3) is 4.05. The quantitative estimate of drug-likeness (QED) is 0.561. The Hall–Kier alpha value is -1.66. The topological polar surface area (TPSA) is 59.4 Å². The molecule has 0 aliphatic heterocycles. The van der Waals surface area contributed by atoms with Gasteiger partial charge in [0.1, 0.15) is 0 Å². The number of allylic oxidation sites excluding steroid dienone is 1. The minimum Gasteiger partial charge on any atom is -0.504 e. The number of phenolic OH excluding ortho intramolecular Hbond substituents is 1. The summed E-state index contributed by atoms with van der Waals surface area (Å²) in [6, 6.07) is 3.21. The molecular weight excluding hydrogens is 390 g/mol. The highest BCUT2D eigenvalue weighted by Gasteiger charge is 2.22. The van der Waals surface area contributed by atoms with Gasteiger partial charge in [-0.05, 0) is 36.8 Å². The van der Waals surface area contributed by atoms with E-state index >= 15 is 0 Å². The van der Waals surface area contributed by atoms with Gasteiger partial charge in [-0.25, -0.2) is 4.98 Å². The Morgan fingerprint density at radius 2 is 2.04 bits per heavy atom. The number of hydrogen-bond donors (Lipinski definition) is 1. The summed E-state index contributed by atoms with van der Waals surface area (Å²) in [7, 11) is 1.48. The molecule has 0 fully saturated rings. The molecule has 24 heavy (non-hydrogen) atoms. The smallest absolute Gasteiger partial charge is 0.197 e. The van der Waals surface area contributed by atoms with E-state index in [9.17, 15) is 9.90 Å². The van der Waals surface area contributed by atoms with Gasteiger partial charge in [0.25, 0.3) is 0 Å². The summed E-state index contributed by atoms with van der Waals surface area (Å²) in [5.74, 6) is 0.315. The average Bonchev–Trinajstić information content (AvgIpc) is 2.88. The number of aryl methyl sites for hydroxylation is 1. The van der Waals surface area contributed by atoms with Crippen molar-refractivity contribution in [1.29, 1.82) is 0 Å². The van der Waals surface area contributed by atoms with Gasteiger partial charge in [-0.15, -0.1) is 11.3 Å². The summed E-state index contributed by atoms with van der Waals surface area (Å²) in [6.07, 6.45) is 3.22. The van der Waals surface area contributed by atoms with Crippen molar-refractivity contribution < 1.29 is 14.6 Å². The van der Waals surface area contributed by atoms with Gasteiger partial charge in [0, 0.05) is 9.89 Å². The summed E-state index contributed by atoms with van der Waals surface area (Å²) < 4.78 is 5.78. The number of rotatable bonds is 4. The van der Waals surface area contributed by atoms with Crippen LogP contribution < -0.4 is 4.74 Å². The van der Waals surface area contributed by atoms with Crippen molar-refractivity contribution in [2.75, 3.05) is 7.11 Å². The summed E-state index contributed by atoms with van der Waals surface area (Å²) in [5.41, 5.74) is 1.42. The monoisotopic (exact) mass is 409 g/mol. The molecule has 1 N–H and O–H groups in total. The molecule has 0 bridgehead atoms. The lowest BCUT2D eigenvalue weighted by Crippen LogP contribution is -2.10. The van der Waals surface area contributed by atoms with Crippen molar-refractivity contribution in [3.63, 3.8) is 0 Å². The van der Waals surface area contributed by atoms with Gasteiger partial charge < -0.3 is 9.84 Å². The molecule has 128 valence electrons. The fourth-order valence-electron chi connectivity index (χ4n) is 2.04. The van der Waals surface area contributed by atoms with Gasteiger partial charge >= 0.3 is 0 Å². The molecule has 6 heteroatoms. The molecule has 0 atom stereocenters. The largest absolute Gasteiger partial charge is 0.504 e. The fourth-order valence-corrected chi connectivity index (χ4v) is 3.54. The summed E-state index contributed by atoms with van der Waals surface area (Å²) in [4.78, 5) is 17.7. The van der Waals surface area contributed by atoms with E-state index in [-0.39, 0.29) is 16.9 Å². The van der Waals surface area contributed by atoms with Crippen molar-refractivity contribution >= 4 is 39.1 Å². The number of methoxy groups -OCH3 is 1. The molecule has 0 saturated carbocycles. The molecule has 4 nitrogen and oxygen atoms in total. The highest BCUT2D eigenvalue weighted by molar-refractivity contribution is 9.10. The second-order valence-corrected chi connectivity index (χ2v) is 8.28. The summed E-state index contributed by atoms with van der Waals surface area (Å²) in [6.45, 7) is 8.09. The Kier molecular flexibility index (Phi) is 5.50. The van der Waals surface area contributed by atoms with Gasteiger partial charge in [0.15, 0.2) is 17.3 Å². The maximum absolute atomic E-state index is 12.5. The third-order valence-electron chi connectivity index (χ3n) is 3.37. The minimum atomic E-state index is -0.0839. The van der Waals surface area contributed by atoms with Crippen LogP contribution in [0.4, 0.5) is 0 Å². The number of carbonyl (C=O) groups is 1. The third-order valence-corrected chi connectivity index (χ3v) is 5.66. The molecule has 1 aromatic heterocycles. The Morgan fingerprint density at radius 3 is 2.58 bits per heavy atom. The molecule has 0 amide bonds. The molecule has 0 aliphatic rings. The number of phenols is 1. The van der Waals surface area contributed by atoms with Crippen LogP contribution in [0.1, 0.15) is 46.7 Å². The second kappa shape index (κ2) is 7.07. The first-order valence-corrected chi connectivity index (χ1v) is 9.01. The van der Waals surface area contributed by atoms with E-state index in [4.69, 9.17) is 4.74 Å². The van der Waals surface area contributed by atoms with Crippen molar-refractivity contribution in [1.82, 2.24) is 4.98 Å². The van der Waals surface area contributed by atoms with Crippen LogP contribution in [0.2, 0.25) is 0 Å². The molecule has 0 saturated heterocycles. The van der Waals surface area contributed by atoms with Crippen molar-refractivity contribution in [2.24, 2.45) is 0 Å². The van der Waals surface area contributed by atoms with Crippen LogP contribution in [0.25, 0.3) is 6.08 Å². The van der Waals surface area contributed by atoms with Crippen LogP contribution in [-0.2, 0) is 5.41 Å². The minimum absolute atomic E-state index is 0.0426. The van der Waals surface area contributed by atoms with Gasteiger partial charge in [-0.3, -0.25) is 4.79 Å². The van der Waals surface area contributed by atoms with E-state index in [1.807, 2.05) is 6.92 Å². The van der Waals surface area contributed by atoms with Crippen LogP contribution >= 0.6 is 27.3 Å². The number of aromatic nitrogens is 1. The molecule has 0 unspecified atom stereocenters. The lowest BCUT2D eigenvalue weighted by Gasteiger charge is -2.13. The van der Waals surface area contributed by atoms with E-state index in [1.165, 1.54) is 24.5 Å². The molecule has 0 aliphatic carbocycles. The number of benzene rings is 1. The van der Waals surface area contributed by atoms with E-state index in [1.54, 1.807) is 18.2 Å². The lowest BCUT2D eigenvalue weighted by atomic mass is 9.98. The number of aromatic hydroxyl groups is 1. The van der Waals surface area contributed by atoms with Crippen molar-refractivity contribution in [3.8, 4) is 11.5 Å². The van der Waals surface area contributed by atoms with E-state index in [0.29, 0.717) is 15.1 Å². The van der Waals surface area contributed by atoms with Gasteiger partial charge in [-0.2, -0.15) is 0 Å². The van der Waals surface area contributed by atoms with Crippen molar-refractivity contribution in [2.45, 2.75) is 33.1 Å². The molecule has 0 radical (unpaired) electrons. The number of nitrogens with zero attached hydrogens (tertiary/aromatic N) is 1. The van der Waals surface area contributed by atoms with Crippen LogP contribution in [-0.4, -0.2) is 23.0 Å². The van der Waals surface area contributed by atoms with Gasteiger partial charge in [0.2, 0.25) is 0 Å². The maximum atomic E-state index is 12.5. The molecule has 1 heterocycles. The first-order chi connectivity index (χ1) is 11.1. The Balaban J connectivity index is 2.30. The second-order valence-electron chi connectivity index (χ2n) is 6.43. The molecule has 2 aromatic rings. The standard InChI is InChI=1S/C18H20BrNO3S/c1-10-16(24-17(20-10)18(2,3)4)13(21)7-6-11-8-15(23-5)14(22)9-12(11)19/h6-9,22H,1-5H3. The zero-order valence-corrected chi connectivity index (χ0v) is 16.7. The number of hydrogen-bond acceptors (Lipinski definition) is 5. The summed E-state index contributed by atoms with van der Waals surface area (Å²) in [5, 5.41) is 10.7. The highest BCUT2D eigenvalue weighted by Crippen LogP contribution is 2.33. The average molecular weight is 410 g/mol. The number of thiazole rings is 1. The Bertz CT molecular complexity index is 803. The first kappa shape index (κ1) is 18.7. The number of halogens is 1. The van der Waals surface area contributed by atoms with Crippen LogP contribution in [0, 0.1) is 6.92 Å². The number of ether oxygens (including phenoxy) is 1. The predicted molar refractivity (Wildman–Crippen MR) is 101 cm³/mol. The van der Waals surface area contributed by atoms with Crippen LogP contribution in [0.3, 0.4) is 0 Å². The van der Waals surface area contributed by atoms with Crippen LogP contribution in [0.15, 0.2) is 22.7 Å². The Morgan fingerprint density at radius 1 is 1.38 bits per heavy atom. The number of ketones is 1. The van der Waals surface area contributed by atoms with E-state index in [2.05, 4.69) is 41.7 Å². The fraction of sp³-hybridized carbons (Fsp3) is 0.333. The Labute approximate surface area is 154 Å². The zero-order chi connectivity index (χ0) is 18.1. The summed E-state index contributed by atoms with van der Waals surface area (Å²) >= 11 is 4.81. The molecule has 1 aromatic carbocycles. The van der Waals surface area contributed by atoms with E-state index < -0.39 is 0 Å². The first-order valence-electron chi connectivity index (χ1n) is 7.40. The maximum Gasteiger partial charge on any atom is 0.197 e. The molecule has 2 rings (SSSR count). The normalized spacial score (nSPS) is 11.9. The van der Waals surface area contributed by atoms with Crippen LogP contribution in [0.5, 0.6) is 11.5 Å². The lowest BCUT2D eigenvalue weighted by molar-refractivity contribution is 0.105. The predicted octanol–water partition coefficient (Wildman–Crippen LogP) is 5.12. The molecule has 0 spiro atoms. The highest BCUT2D eigenvalue weighted by atomic mass is 79.9. The SMILES string of the molecule is COc1cc(C=CC(=O)c2sc(C(C)(C)C)nc2C)c(Br)cc1O. The number of carbonyl (C=O) groups excluding carboxylic acids is 1.